The molecule has 3 rings (SSSR count). The Labute approximate surface area is 98.4 Å². The lowest BCUT2D eigenvalue weighted by molar-refractivity contribution is 0.0697. The Morgan fingerprint density at radius 2 is 2.12 bits per heavy atom. The Bertz CT molecular complexity index is 644. The van der Waals surface area contributed by atoms with Crippen LogP contribution in [0.25, 0.3) is 16.8 Å². The summed E-state index contributed by atoms with van der Waals surface area (Å²) in [4.78, 5) is 10.9. The largest absolute Gasteiger partial charge is 0.478 e. The number of carboxylic acids is 1. The van der Waals surface area contributed by atoms with Gasteiger partial charge in [-0.1, -0.05) is 30.4 Å². The minimum Gasteiger partial charge on any atom is -0.478 e. The Balaban J connectivity index is 2.28. The molecule has 0 spiro atoms. The second kappa shape index (κ2) is 3.63. The van der Waals surface area contributed by atoms with Crippen LogP contribution in [0.15, 0.2) is 36.4 Å². The van der Waals surface area contributed by atoms with Crippen LogP contribution in [0.1, 0.15) is 15.9 Å². The van der Waals surface area contributed by atoms with Crippen molar-refractivity contribution in [3.05, 3.63) is 47.5 Å². The molecular formula is C14H11NO2. The normalized spacial score (nSPS) is 13.2. The van der Waals surface area contributed by atoms with Crippen molar-refractivity contribution in [1.29, 1.82) is 0 Å². The summed E-state index contributed by atoms with van der Waals surface area (Å²) in [6, 6.07) is 9.18. The van der Waals surface area contributed by atoms with E-state index in [-0.39, 0.29) is 0 Å². The number of nitrogens with one attached hydrogen (secondary N) is 1. The molecule has 0 radical (unpaired) electrons. The van der Waals surface area contributed by atoms with Gasteiger partial charge in [-0.05, 0) is 23.1 Å². The summed E-state index contributed by atoms with van der Waals surface area (Å²) >= 11 is 0. The maximum Gasteiger partial charge on any atom is 0.335 e. The van der Waals surface area contributed by atoms with Gasteiger partial charge in [-0.25, -0.2) is 4.79 Å². The van der Waals surface area contributed by atoms with Gasteiger partial charge in [0.05, 0.1) is 5.56 Å². The second-order valence-electron chi connectivity index (χ2n) is 4.05. The maximum absolute atomic E-state index is 10.9. The predicted molar refractivity (Wildman–Crippen MR) is 68.4 cm³/mol. The average Bonchev–Trinajstić information content (AvgIpc) is 2.38. The van der Waals surface area contributed by atoms with Gasteiger partial charge in [0, 0.05) is 17.6 Å². The molecule has 3 nitrogen and oxygen atoms in total. The molecular weight excluding hydrogens is 214 g/mol. The lowest BCUT2D eigenvalue weighted by Crippen LogP contribution is -2.05. The molecule has 0 saturated carbocycles. The molecule has 2 N–H and O–H groups in total. The highest BCUT2D eigenvalue weighted by molar-refractivity contribution is 6.02. The SMILES string of the molecule is O=C(O)c1ccc2c3c(ccc2c1)C=CCN3. The van der Waals surface area contributed by atoms with Crippen LogP contribution >= 0.6 is 0 Å². The second-order valence-corrected chi connectivity index (χ2v) is 4.05. The zero-order valence-electron chi connectivity index (χ0n) is 9.10. The minimum atomic E-state index is -0.891. The number of rotatable bonds is 1. The summed E-state index contributed by atoms with van der Waals surface area (Å²) < 4.78 is 0. The first-order valence-electron chi connectivity index (χ1n) is 5.46. The molecule has 1 aliphatic rings. The van der Waals surface area contributed by atoms with Crippen LogP contribution in [0.5, 0.6) is 0 Å². The molecule has 0 amide bonds. The van der Waals surface area contributed by atoms with Gasteiger partial charge in [0.25, 0.3) is 0 Å². The van der Waals surface area contributed by atoms with Crippen LogP contribution in [0.4, 0.5) is 5.69 Å². The highest BCUT2D eigenvalue weighted by atomic mass is 16.4. The highest BCUT2D eigenvalue weighted by Crippen LogP contribution is 2.30. The van der Waals surface area contributed by atoms with E-state index in [1.807, 2.05) is 18.2 Å². The third-order valence-corrected chi connectivity index (χ3v) is 2.99. The fourth-order valence-corrected chi connectivity index (χ4v) is 2.16. The lowest BCUT2D eigenvalue weighted by atomic mass is 10.00. The molecule has 17 heavy (non-hydrogen) atoms. The first-order valence-corrected chi connectivity index (χ1v) is 5.46. The van der Waals surface area contributed by atoms with Gasteiger partial charge < -0.3 is 10.4 Å². The third-order valence-electron chi connectivity index (χ3n) is 2.99. The van der Waals surface area contributed by atoms with E-state index in [1.54, 1.807) is 12.1 Å². The van der Waals surface area contributed by atoms with Gasteiger partial charge >= 0.3 is 5.97 Å². The van der Waals surface area contributed by atoms with Crippen molar-refractivity contribution in [3.8, 4) is 0 Å². The van der Waals surface area contributed by atoms with Crippen LogP contribution in [0, 0.1) is 0 Å². The lowest BCUT2D eigenvalue weighted by Gasteiger charge is -2.15. The maximum atomic E-state index is 10.9. The Kier molecular flexibility index (Phi) is 2.11. The summed E-state index contributed by atoms with van der Waals surface area (Å²) in [5.74, 6) is -0.891. The monoisotopic (exact) mass is 225 g/mol. The summed E-state index contributed by atoms with van der Waals surface area (Å²) in [6.07, 6.45) is 4.15. The Hall–Kier alpha value is -2.29. The number of hydrogen-bond acceptors (Lipinski definition) is 2. The molecule has 0 aliphatic carbocycles. The van der Waals surface area contributed by atoms with Gasteiger partial charge in [0.15, 0.2) is 0 Å². The zero-order valence-corrected chi connectivity index (χ0v) is 9.10. The van der Waals surface area contributed by atoms with Gasteiger partial charge in [0.1, 0.15) is 0 Å². The van der Waals surface area contributed by atoms with E-state index >= 15 is 0 Å². The van der Waals surface area contributed by atoms with Crippen LogP contribution in [-0.2, 0) is 0 Å². The molecule has 2 aromatic carbocycles. The summed E-state index contributed by atoms with van der Waals surface area (Å²) in [5, 5.41) is 14.3. The molecule has 1 aliphatic heterocycles. The van der Waals surface area contributed by atoms with E-state index in [4.69, 9.17) is 5.11 Å². The van der Waals surface area contributed by atoms with Crippen molar-refractivity contribution in [2.75, 3.05) is 11.9 Å². The molecule has 0 unspecified atom stereocenters. The average molecular weight is 225 g/mol. The van der Waals surface area contributed by atoms with E-state index in [1.165, 1.54) is 0 Å². The Morgan fingerprint density at radius 1 is 1.24 bits per heavy atom. The van der Waals surface area contributed by atoms with Crippen molar-refractivity contribution in [1.82, 2.24) is 0 Å². The molecule has 0 bridgehead atoms. The van der Waals surface area contributed by atoms with Crippen LogP contribution < -0.4 is 5.32 Å². The van der Waals surface area contributed by atoms with Crippen LogP contribution in [-0.4, -0.2) is 17.6 Å². The number of aromatic carboxylic acids is 1. The van der Waals surface area contributed by atoms with Crippen molar-refractivity contribution in [2.45, 2.75) is 0 Å². The van der Waals surface area contributed by atoms with E-state index in [2.05, 4.69) is 17.5 Å². The fourth-order valence-electron chi connectivity index (χ4n) is 2.16. The van der Waals surface area contributed by atoms with Gasteiger partial charge in [-0.3, -0.25) is 0 Å². The first kappa shape index (κ1) is 9.90. The number of fused-ring (bicyclic) bond motifs is 3. The summed E-state index contributed by atoms with van der Waals surface area (Å²) in [7, 11) is 0. The van der Waals surface area contributed by atoms with E-state index in [9.17, 15) is 4.79 Å². The number of anilines is 1. The molecule has 84 valence electrons. The zero-order chi connectivity index (χ0) is 11.8. The quantitative estimate of drug-likeness (QED) is 0.784. The van der Waals surface area contributed by atoms with Crippen molar-refractivity contribution < 1.29 is 9.90 Å². The van der Waals surface area contributed by atoms with E-state index in [0.717, 1.165) is 28.6 Å². The Morgan fingerprint density at radius 3 is 2.94 bits per heavy atom. The minimum absolute atomic E-state index is 0.323. The van der Waals surface area contributed by atoms with Gasteiger partial charge in [-0.2, -0.15) is 0 Å². The van der Waals surface area contributed by atoms with Crippen molar-refractivity contribution in [2.24, 2.45) is 0 Å². The van der Waals surface area contributed by atoms with Gasteiger partial charge in [-0.15, -0.1) is 0 Å². The molecule has 0 aromatic heterocycles. The summed E-state index contributed by atoms with van der Waals surface area (Å²) in [6.45, 7) is 0.812. The number of carbonyl (C=O) groups is 1. The topological polar surface area (TPSA) is 49.3 Å². The number of hydrogen-bond donors (Lipinski definition) is 2. The smallest absolute Gasteiger partial charge is 0.335 e. The van der Waals surface area contributed by atoms with Crippen LogP contribution in [0.3, 0.4) is 0 Å². The molecule has 2 aromatic rings. The number of carboxylic acid groups (broad SMARTS) is 1. The van der Waals surface area contributed by atoms with E-state index in [0.29, 0.717) is 5.56 Å². The van der Waals surface area contributed by atoms with Gasteiger partial charge in [0.2, 0.25) is 0 Å². The molecule has 1 heterocycles. The molecule has 3 heteroatoms. The summed E-state index contributed by atoms with van der Waals surface area (Å²) in [5.41, 5.74) is 2.55. The first-order chi connectivity index (χ1) is 8.25. The fraction of sp³-hybridized carbons (Fsp3) is 0.0714. The van der Waals surface area contributed by atoms with Crippen molar-refractivity contribution >= 4 is 28.5 Å². The standard InChI is InChI=1S/C14H11NO2/c16-14(17)11-5-6-12-10(8-11)4-3-9-2-1-7-15-13(9)12/h1-6,8,15H,7H2,(H,16,17). The molecule has 0 fully saturated rings. The predicted octanol–water partition coefficient (Wildman–Crippen LogP) is 2.98. The van der Waals surface area contributed by atoms with Crippen molar-refractivity contribution in [3.63, 3.8) is 0 Å². The van der Waals surface area contributed by atoms with E-state index < -0.39 is 5.97 Å². The molecule has 0 atom stereocenters. The third kappa shape index (κ3) is 1.56. The van der Waals surface area contributed by atoms with Crippen LogP contribution in [0.2, 0.25) is 0 Å². The highest BCUT2D eigenvalue weighted by Gasteiger charge is 2.10. The molecule has 0 saturated heterocycles. The number of benzene rings is 2.